The number of anilines is 1. The van der Waals surface area contributed by atoms with Gasteiger partial charge < -0.3 is 14.6 Å². The lowest BCUT2D eigenvalue weighted by Crippen LogP contribution is -2.45. The van der Waals surface area contributed by atoms with Gasteiger partial charge in [-0.15, -0.1) is 0 Å². The average molecular weight is 344 g/mol. The zero-order valence-electron chi connectivity index (χ0n) is 14.8. The summed E-state index contributed by atoms with van der Waals surface area (Å²) in [6.45, 7) is 6.48. The number of carbonyl (C=O) groups excluding carboxylic acids is 2. The molecule has 1 fully saturated rings. The number of hydrogen-bond donors (Lipinski definition) is 2. The first-order valence-corrected chi connectivity index (χ1v) is 8.55. The highest BCUT2D eigenvalue weighted by Gasteiger charge is 2.31. The van der Waals surface area contributed by atoms with Crippen LogP contribution in [-0.4, -0.2) is 45.6 Å². The molecule has 7 nitrogen and oxygen atoms in total. The highest BCUT2D eigenvalue weighted by atomic mass is 16.6. The predicted octanol–water partition coefficient (Wildman–Crippen LogP) is 3.15. The highest BCUT2D eigenvalue weighted by molar-refractivity contribution is 5.93. The Morgan fingerprint density at radius 3 is 2.80 bits per heavy atom. The number of para-hydroxylation sites is 2. The van der Waals surface area contributed by atoms with Crippen molar-refractivity contribution >= 4 is 29.0 Å². The molecule has 7 heteroatoms. The van der Waals surface area contributed by atoms with Gasteiger partial charge in [-0.05, 0) is 45.7 Å². The minimum Gasteiger partial charge on any atom is -0.444 e. The number of nitrogens with one attached hydrogen (secondary N) is 2. The standard InChI is InChI=1S/C18H24N4O3/c1-18(2,3)25-17(24)22-10-6-7-12(11-22)15(23)21-16-19-13-8-4-5-9-14(13)20-16/h4-5,8-9,12H,6-7,10-11H2,1-3H3,(H2,19,20,21,23)/t12-/m1/s1. The molecule has 0 bridgehead atoms. The molecular weight excluding hydrogens is 320 g/mol. The van der Waals surface area contributed by atoms with E-state index in [9.17, 15) is 9.59 Å². The molecule has 1 aliphatic rings. The normalized spacial score (nSPS) is 18.2. The van der Waals surface area contributed by atoms with Crippen LogP contribution in [-0.2, 0) is 9.53 Å². The Labute approximate surface area is 146 Å². The van der Waals surface area contributed by atoms with Gasteiger partial charge in [-0.2, -0.15) is 0 Å². The summed E-state index contributed by atoms with van der Waals surface area (Å²) < 4.78 is 5.40. The molecule has 1 aliphatic heterocycles. The van der Waals surface area contributed by atoms with E-state index in [0.717, 1.165) is 23.9 Å². The first-order valence-electron chi connectivity index (χ1n) is 8.55. The van der Waals surface area contributed by atoms with E-state index in [0.29, 0.717) is 19.0 Å². The molecule has 0 unspecified atom stereocenters. The van der Waals surface area contributed by atoms with Crippen molar-refractivity contribution in [3.63, 3.8) is 0 Å². The van der Waals surface area contributed by atoms with Crippen molar-refractivity contribution < 1.29 is 14.3 Å². The molecule has 2 N–H and O–H groups in total. The van der Waals surface area contributed by atoms with Crippen molar-refractivity contribution in [3.05, 3.63) is 24.3 Å². The first kappa shape index (κ1) is 17.3. The molecule has 1 atom stereocenters. The van der Waals surface area contributed by atoms with E-state index in [1.54, 1.807) is 4.90 Å². The quantitative estimate of drug-likeness (QED) is 0.876. The van der Waals surface area contributed by atoms with Crippen LogP contribution >= 0.6 is 0 Å². The number of benzene rings is 1. The molecule has 0 saturated carbocycles. The molecular formula is C18H24N4O3. The van der Waals surface area contributed by atoms with Crippen LogP contribution in [0.25, 0.3) is 11.0 Å². The lowest BCUT2D eigenvalue weighted by atomic mass is 9.97. The van der Waals surface area contributed by atoms with E-state index in [4.69, 9.17) is 4.74 Å². The lowest BCUT2D eigenvalue weighted by molar-refractivity contribution is -0.121. The molecule has 0 radical (unpaired) electrons. The molecule has 25 heavy (non-hydrogen) atoms. The fourth-order valence-electron chi connectivity index (χ4n) is 2.91. The Morgan fingerprint density at radius 1 is 1.32 bits per heavy atom. The second-order valence-corrected chi connectivity index (χ2v) is 7.36. The summed E-state index contributed by atoms with van der Waals surface area (Å²) >= 11 is 0. The third-order valence-corrected chi connectivity index (χ3v) is 4.07. The third kappa shape index (κ3) is 4.29. The molecule has 2 heterocycles. The fraction of sp³-hybridized carbons (Fsp3) is 0.500. The lowest BCUT2D eigenvalue weighted by Gasteiger charge is -2.33. The van der Waals surface area contributed by atoms with Crippen LogP contribution in [0, 0.1) is 5.92 Å². The number of hydrogen-bond acceptors (Lipinski definition) is 4. The van der Waals surface area contributed by atoms with Crippen LogP contribution in [0.15, 0.2) is 24.3 Å². The first-order chi connectivity index (χ1) is 11.8. The molecule has 2 amide bonds. The Morgan fingerprint density at radius 2 is 2.08 bits per heavy atom. The monoisotopic (exact) mass is 344 g/mol. The van der Waals surface area contributed by atoms with Crippen LogP contribution in [0.1, 0.15) is 33.6 Å². The van der Waals surface area contributed by atoms with Gasteiger partial charge in [-0.3, -0.25) is 10.1 Å². The smallest absolute Gasteiger partial charge is 0.410 e. The minimum absolute atomic E-state index is 0.132. The van der Waals surface area contributed by atoms with Crippen molar-refractivity contribution in [2.75, 3.05) is 18.4 Å². The van der Waals surface area contributed by atoms with Crippen LogP contribution < -0.4 is 5.32 Å². The SMILES string of the molecule is CC(C)(C)OC(=O)N1CCC[C@@H](C(=O)Nc2nc3ccccc3[nH]2)C1. The van der Waals surface area contributed by atoms with E-state index in [1.165, 1.54) is 0 Å². The van der Waals surface area contributed by atoms with Crippen molar-refractivity contribution in [2.45, 2.75) is 39.2 Å². The topological polar surface area (TPSA) is 87.3 Å². The number of likely N-dealkylation sites (tertiary alicyclic amines) is 1. The molecule has 1 aromatic heterocycles. The highest BCUT2D eigenvalue weighted by Crippen LogP contribution is 2.21. The molecule has 134 valence electrons. The number of H-pyrrole nitrogens is 1. The van der Waals surface area contributed by atoms with Gasteiger partial charge in [0.25, 0.3) is 0 Å². The number of piperidine rings is 1. The van der Waals surface area contributed by atoms with Crippen LogP contribution in [0.5, 0.6) is 0 Å². The Hall–Kier alpha value is -2.57. The number of fused-ring (bicyclic) bond motifs is 1. The zero-order chi connectivity index (χ0) is 18.0. The van der Waals surface area contributed by atoms with Gasteiger partial charge in [0.15, 0.2) is 0 Å². The maximum atomic E-state index is 12.5. The second-order valence-electron chi connectivity index (χ2n) is 7.36. The number of ether oxygens (including phenoxy) is 1. The Bertz CT molecular complexity index is 745. The predicted molar refractivity (Wildman–Crippen MR) is 95.3 cm³/mol. The summed E-state index contributed by atoms with van der Waals surface area (Å²) in [5, 5.41) is 2.82. The molecule has 0 spiro atoms. The summed E-state index contributed by atoms with van der Waals surface area (Å²) in [6.07, 6.45) is 1.15. The van der Waals surface area contributed by atoms with Crippen molar-refractivity contribution in [1.29, 1.82) is 0 Å². The average Bonchev–Trinajstić information content (AvgIpc) is 2.95. The minimum atomic E-state index is -0.541. The van der Waals surface area contributed by atoms with Gasteiger partial charge in [0.1, 0.15) is 5.60 Å². The number of imidazole rings is 1. The Balaban J connectivity index is 1.62. The van der Waals surface area contributed by atoms with Crippen molar-refractivity contribution in [1.82, 2.24) is 14.9 Å². The molecule has 0 aliphatic carbocycles. The summed E-state index contributed by atoms with van der Waals surface area (Å²) in [7, 11) is 0. The summed E-state index contributed by atoms with van der Waals surface area (Å²) in [4.78, 5) is 33.8. The van der Waals surface area contributed by atoms with E-state index < -0.39 is 5.60 Å². The van der Waals surface area contributed by atoms with Crippen molar-refractivity contribution in [3.8, 4) is 0 Å². The van der Waals surface area contributed by atoms with Gasteiger partial charge >= 0.3 is 6.09 Å². The number of rotatable bonds is 2. The maximum Gasteiger partial charge on any atom is 0.410 e. The van der Waals surface area contributed by atoms with Crippen LogP contribution in [0.3, 0.4) is 0 Å². The van der Waals surface area contributed by atoms with Gasteiger partial charge in [-0.25, -0.2) is 9.78 Å². The molecule has 1 saturated heterocycles. The number of aromatic amines is 1. The molecule has 1 aromatic carbocycles. The summed E-state index contributed by atoms with van der Waals surface area (Å²) in [6, 6.07) is 7.59. The van der Waals surface area contributed by atoms with E-state index in [2.05, 4.69) is 15.3 Å². The Kier molecular flexibility index (Phi) is 4.65. The van der Waals surface area contributed by atoms with Crippen LogP contribution in [0.2, 0.25) is 0 Å². The van der Waals surface area contributed by atoms with Crippen LogP contribution in [0.4, 0.5) is 10.7 Å². The zero-order valence-corrected chi connectivity index (χ0v) is 14.8. The van der Waals surface area contributed by atoms with E-state index >= 15 is 0 Å². The third-order valence-electron chi connectivity index (χ3n) is 4.07. The number of aromatic nitrogens is 2. The number of carbonyl (C=O) groups is 2. The second kappa shape index (κ2) is 6.74. The molecule has 3 rings (SSSR count). The van der Waals surface area contributed by atoms with Crippen molar-refractivity contribution in [2.24, 2.45) is 5.92 Å². The largest absolute Gasteiger partial charge is 0.444 e. The number of nitrogens with zero attached hydrogens (tertiary/aromatic N) is 2. The van der Waals surface area contributed by atoms with Gasteiger partial charge in [0.05, 0.1) is 17.0 Å². The van der Waals surface area contributed by atoms with E-state index in [-0.39, 0.29) is 17.9 Å². The number of amides is 2. The fourth-order valence-corrected chi connectivity index (χ4v) is 2.91. The summed E-state index contributed by atoms with van der Waals surface area (Å²) in [5.74, 6) is 0.0300. The maximum absolute atomic E-state index is 12.5. The molecule has 2 aromatic rings. The van der Waals surface area contributed by atoms with Gasteiger partial charge in [0, 0.05) is 13.1 Å². The van der Waals surface area contributed by atoms with Gasteiger partial charge in [-0.1, -0.05) is 12.1 Å². The van der Waals surface area contributed by atoms with Gasteiger partial charge in [0.2, 0.25) is 11.9 Å². The van der Waals surface area contributed by atoms with E-state index in [1.807, 2.05) is 45.0 Å². The summed E-state index contributed by atoms with van der Waals surface area (Å²) in [5.41, 5.74) is 1.13.